The van der Waals surface area contributed by atoms with Crippen molar-refractivity contribution in [2.75, 3.05) is 0 Å². The number of rotatable bonds is 5. The molecule has 3 nitrogen and oxygen atoms in total. The molecule has 0 aliphatic heterocycles. The average Bonchev–Trinajstić information content (AvgIpc) is 3.09. The molecule has 0 spiro atoms. The lowest BCUT2D eigenvalue weighted by Crippen LogP contribution is -2.03. The van der Waals surface area contributed by atoms with Gasteiger partial charge < -0.3 is 9.30 Å². The van der Waals surface area contributed by atoms with Gasteiger partial charge in [-0.3, -0.25) is 0 Å². The smallest absolute Gasteiger partial charge is 0.129 e. The third-order valence-corrected chi connectivity index (χ3v) is 3.94. The number of aromatic nitrogens is 2. The Kier molecular flexibility index (Phi) is 5.02. The minimum Gasteiger partial charge on any atom is -0.488 e. The van der Waals surface area contributed by atoms with E-state index in [0.717, 1.165) is 27.6 Å². The highest BCUT2D eigenvalue weighted by atomic mass is 35.5. The van der Waals surface area contributed by atoms with E-state index in [1.54, 1.807) is 12.5 Å². The van der Waals surface area contributed by atoms with Gasteiger partial charge in [0.05, 0.1) is 12.0 Å². The fourth-order valence-electron chi connectivity index (χ4n) is 2.59. The van der Waals surface area contributed by atoms with E-state index in [9.17, 15) is 0 Å². The first kappa shape index (κ1) is 16.3. The number of hydrogen-bond donors (Lipinski definition) is 0. The summed E-state index contributed by atoms with van der Waals surface area (Å²) in [5.41, 5.74) is 4.40. The summed E-state index contributed by atoms with van der Waals surface area (Å²) in [7, 11) is 0. The maximum Gasteiger partial charge on any atom is 0.129 e. The van der Waals surface area contributed by atoms with E-state index in [1.165, 1.54) is 5.57 Å². The largest absolute Gasteiger partial charge is 0.488 e. The molecule has 0 saturated heterocycles. The monoisotopic (exact) mass is 338 g/mol. The van der Waals surface area contributed by atoms with Crippen molar-refractivity contribution in [3.8, 4) is 5.75 Å². The molecule has 2 aromatic carbocycles. The van der Waals surface area contributed by atoms with Gasteiger partial charge in [0.1, 0.15) is 12.4 Å². The van der Waals surface area contributed by atoms with Gasteiger partial charge in [0.2, 0.25) is 0 Å². The molecule has 24 heavy (non-hydrogen) atoms. The fourth-order valence-corrected chi connectivity index (χ4v) is 2.71. The van der Waals surface area contributed by atoms with E-state index >= 15 is 0 Å². The topological polar surface area (TPSA) is 27.1 Å². The predicted molar refractivity (Wildman–Crippen MR) is 98.1 cm³/mol. The number of benzene rings is 2. The zero-order valence-electron chi connectivity index (χ0n) is 13.7. The first-order valence-corrected chi connectivity index (χ1v) is 8.15. The Hall–Kier alpha value is -2.52. The predicted octanol–water partition coefficient (Wildman–Crippen LogP) is 5.41. The van der Waals surface area contributed by atoms with E-state index in [-0.39, 0.29) is 0 Å². The van der Waals surface area contributed by atoms with Crippen LogP contribution in [0.5, 0.6) is 5.75 Å². The van der Waals surface area contributed by atoms with Crippen molar-refractivity contribution in [3.05, 3.63) is 89.0 Å². The molecule has 0 bridgehead atoms. The zero-order valence-corrected chi connectivity index (χ0v) is 14.5. The van der Waals surface area contributed by atoms with E-state index in [2.05, 4.69) is 24.9 Å². The van der Waals surface area contributed by atoms with Crippen LogP contribution in [0.3, 0.4) is 0 Å². The summed E-state index contributed by atoms with van der Waals surface area (Å²) in [5.74, 6) is 0.845. The molecule has 4 heteroatoms. The van der Waals surface area contributed by atoms with Crippen molar-refractivity contribution in [1.82, 2.24) is 9.55 Å². The van der Waals surface area contributed by atoms with Crippen LogP contribution < -0.4 is 4.74 Å². The highest BCUT2D eigenvalue weighted by Crippen LogP contribution is 2.30. The molecule has 1 aromatic heterocycles. The Morgan fingerprint density at radius 2 is 1.83 bits per heavy atom. The van der Waals surface area contributed by atoms with Crippen LogP contribution in [0.25, 0.3) is 5.70 Å². The first-order chi connectivity index (χ1) is 11.6. The third-order valence-electron chi connectivity index (χ3n) is 3.69. The lowest BCUT2D eigenvalue weighted by Gasteiger charge is -2.16. The summed E-state index contributed by atoms with van der Waals surface area (Å²) in [6.45, 7) is 4.67. The summed E-state index contributed by atoms with van der Waals surface area (Å²) in [4.78, 5) is 4.16. The summed E-state index contributed by atoms with van der Waals surface area (Å²) in [6.07, 6.45) is 5.52. The molecule has 0 aliphatic carbocycles. The number of hydrogen-bond acceptors (Lipinski definition) is 2. The van der Waals surface area contributed by atoms with Gasteiger partial charge in [-0.1, -0.05) is 41.4 Å². The lowest BCUT2D eigenvalue weighted by molar-refractivity contribution is 0.305. The van der Waals surface area contributed by atoms with E-state index < -0.39 is 0 Å². The van der Waals surface area contributed by atoms with Crippen LogP contribution in [0.2, 0.25) is 5.02 Å². The van der Waals surface area contributed by atoms with Crippen LogP contribution in [0.1, 0.15) is 25.0 Å². The van der Waals surface area contributed by atoms with Gasteiger partial charge in [-0.15, -0.1) is 0 Å². The molecular weight excluding hydrogens is 320 g/mol. The molecule has 0 atom stereocenters. The molecular formula is C20H19ClN2O. The molecule has 0 saturated carbocycles. The molecule has 1 heterocycles. The number of imidazole rings is 1. The van der Waals surface area contributed by atoms with Crippen molar-refractivity contribution in [3.63, 3.8) is 0 Å². The van der Waals surface area contributed by atoms with Gasteiger partial charge in [0.15, 0.2) is 0 Å². The van der Waals surface area contributed by atoms with E-state index in [1.807, 2.05) is 53.2 Å². The minimum absolute atomic E-state index is 0.494. The molecule has 3 aromatic rings. The van der Waals surface area contributed by atoms with Crippen LogP contribution in [0.4, 0.5) is 0 Å². The third kappa shape index (κ3) is 3.69. The fraction of sp³-hybridized carbons (Fsp3) is 0.150. The summed E-state index contributed by atoms with van der Waals surface area (Å²) in [6, 6.07) is 15.8. The summed E-state index contributed by atoms with van der Waals surface area (Å²) in [5, 5.41) is 0.728. The van der Waals surface area contributed by atoms with Gasteiger partial charge in [0, 0.05) is 23.0 Å². The molecule has 0 radical (unpaired) electrons. The summed E-state index contributed by atoms with van der Waals surface area (Å²) >= 11 is 5.93. The highest BCUT2D eigenvalue weighted by Gasteiger charge is 2.12. The molecule has 0 aliphatic rings. The van der Waals surface area contributed by atoms with Crippen molar-refractivity contribution >= 4 is 17.3 Å². The van der Waals surface area contributed by atoms with E-state index in [4.69, 9.17) is 16.3 Å². The molecule has 3 rings (SSSR count). The minimum atomic E-state index is 0.494. The second-order valence-corrected chi connectivity index (χ2v) is 6.17. The molecule has 0 N–H and O–H groups in total. The van der Waals surface area contributed by atoms with Crippen LogP contribution in [-0.2, 0) is 6.61 Å². The average molecular weight is 339 g/mol. The van der Waals surface area contributed by atoms with Crippen LogP contribution in [0, 0.1) is 0 Å². The molecule has 0 unspecified atom stereocenters. The number of allylic oxidation sites excluding steroid dienone is 1. The SMILES string of the molecule is CC(C)=C(c1ccccc1OCc1ccc(Cl)cc1)n1ccnc1. The van der Waals surface area contributed by atoms with E-state index in [0.29, 0.717) is 6.61 Å². The van der Waals surface area contributed by atoms with Crippen molar-refractivity contribution in [1.29, 1.82) is 0 Å². The standard InChI is InChI=1S/C20H19ClN2O/c1-15(2)20(23-12-11-22-14-23)18-5-3-4-6-19(18)24-13-16-7-9-17(21)10-8-16/h3-12,14H,13H2,1-2H3. The Balaban J connectivity index is 1.90. The maximum absolute atomic E-state index is 6.08. The van der Waals surface area contributed by atoms with Gasteiger partial charge in [-0.25, -0.2) is 4.98 Å². The second kappa shape index (κ2) is 7.37. The van der Waals surface area contributed by atoms with Gasteiger partial charge in [0.25, 0.3) is 0 Å². The second-order valence-electron chi connectivity index (χ2n) is 5.73. The van der Waals surface area contributed by atoms with Gasteiger partial charge >= 0.3 is 0 Å². The van der Waals surface area contributed by atoms with Crippen LogP contribution in [0.15, 0.2) is 72.8 Å². The highest BCUT2D eigenvalue weighted by molar-refractivity contribution is 6.30. The summed E-state index contributed by atoms with van der Waals surface area (Å²) < 4.78 is 8.09. The molecule has 122 valence electrons. The van der Waals surface area contributed by atoms with Crippen molar-refractivity contribution in [2.45, 2.75) is 20.5 Å². The Bertz CT molecular complexity index is 832. The number of halogens is 1. The van der Waals surface area contributed by atoms with Gasteiger partial charge in [-0.05, 0) is 43.7 Å². The molecule has 0 fully saturated rings. The zero-order chi connectivity index (χ0) is 16.9. The van der Waals surface area contributed by atoms with Crippen molar-refractivity contribution in [2.24, 2.45) is 0 Å². The first-order valence-electron chi connectivity index (χ1n) is 7.77. The normalized spacial score (nSPS) is 10.5. The van der Waals surface area contributed by atoms with Gasteiger partial charge in [-0.2, -0.15) is 0 Å². The maximum atomic E-state index is 6.08. The Morgan fingerprint density at radius 1 is 1.08 bits per heavy atom. The van der Waals surface area contributed by atoms with Crippen LogP contribution in [-0.4, -0.2) is 9.55 Å². The number of nitrogens with zero attached hydrogens (tertiary/aromatic N) is 2. The number of ether oxygens (including phenoxy) is 1. The van der Waals surface area contributed by atoms with Crippen LogP contribution >= 0.6 is 11.6 Å². The quantitative estimate of drug-likeness (QED) is 0.621. The Morgan fingerprint density at radius 3 is 2.50 bits per heavy atom. The Labute approximate surface area is 147 Å². The van der Waals surface area contributed by atoms with Crippen molar-refractivity contribution < 1.29 is 4.74 Å². The molecule has 0 amide bonds. The lowest BCUT2D eigenvalue weighted by atomic mass is 10.1. The number of para-hydroxylation sites is 1.